The Bertz CT molecular complexity index is 591. The van der Waals surface area contributed by atoms with Crippen LogP contribution in [0.2, 0.25) is 0 Å². The first-order chi connectivity index (χ1) is 12.5. The van der Waals surface area contributed by atoms with Crippen LogP contribution < -0.4 is 4.90 Å². The van der Waals surface area contributed by atoms with Crippen LogP contribution in [-0.2, 0) is 4.79 Å². The number of hydrogen-bond acceptors (Lipinski definition) is 5. The number of hydrogen-bond donors (Lipinski definition) is 0. The van der Waals surface area contributed by atoms with Crippen molar-refractivity contribution in [3.8, 4) is 0 Å². The number of anilines is 1. The molecule has 1 aliphatic heterocycles. The third-order valence-corrected chi connectivity index (χ3v) is 4.47. The molecular weight excluding hydrogens is 328 g/mol. The van der Waals surface area contributed by atoms with E-state index in [0.717, 1.165) is 5.92 Å². The first kappa shape index (κ1) is 21.8. The fraction of sp³-hybridized carbons (Fsp3) is 0.600. The van der Waals surface area contributed by atoms with Crippen LogP contribution in [0.4, 0.5) is 5.82 Å². The van der Waals surface area contributed by atoms with E-state index in [1.54, 1.807) is 11.1 Å². The zero-order valence-electron chi connectivity index (χ0n) is 16.6. The number of carbonyl (C=O) groups is 2. The van der Waals surface area contributed by atoms with Gasteiger partial charge in [-0.05, 0) is 12.0 Å². The molecule has 0 radical (unpaired) electrons. The highest BCUT2D eigenvalue weighted by Crippen LogP contribution is 2.24. The van der Waals surface area contributed by atoms with E-state index in [1.165, 1.54) is 38.5 Å². The summed E-state index contributed by atoms with van der Waals surface area (Å²) in [7, 11) is 0. The van der Waals surface area contributed by atoms with Crippen LogP contribution in [0.15, 0.2) is 25.0 Å². The van der Waals surface area contributed by atoms with Crippen LogP contribution in [0.5, 0.6) is 0 Å². The van der Waals surface area contributed by atoms with Crippen LogP contribution in [-0.4, -0.2) is 52.7 Å². The van der Waals surface area contributed by atoms with Crippen LogP contribution >= 0.6 is 0 Å². The van der Waals surface area contributed by atoms with E-state index in [1.807, 2.05) is 18.7 Å². The molecule has 0 N–H and O–H groups in total. The maximum absolute atomic E-state index is 11.5. The molecule has 3 rings (SSSR count). The van der Waals surface area contributed by atoms with Crippen molar-refractivity contribution in [2.45, 2.75) is 47.0 Å². The van der Waals surface area contributed by atoms with Crippen molar-refractivity contribution in [3.05, 3.63) is 30.7 Å². The van der Waals surface area contributed by atoms with Gasteiger partial charge >= 0.3 is 0 Å². The summed E-state index contributed by atoms with van der Waals surface area (Å²) in [6.45, 7) is 13.7. The molecule has 1 aromatic heterocycles. The third kappa shape index (κ3) is 6.24. The van der Waals surface area contributed by atoms with Crippen molar-refractivity contribution in [1.29, 1.82) is 0 Å². The summed E-state index contributed by atoms with van der Waals surface area (Å²) >= 11 is 0. The van der Waals surface area contributed by atoms with Gasteiger partial charge in [-0.15, -0.1) is 0 Å². The highest BCUT2D eigenvalue weighted by atomic mass is 16.2. The van der Waals surface area contributed by atoms with Crippen LogP contribution in [0.25, 0.3) is 0 Å². The SMILES string of the molecule is C=CC(=O)N1CCN(c2nccnc2C(C)=O)CC1.CC.CC1CCC1. The molecular formula is C20H32N4O2. The molecule has 1 saturated heterocycles. The Morgan fingerprint density at radius 1 is 1.12 bits per heavy atom. The lowest BCUT2D eigenvalue weighted by atomic mass is 9.88. The highest BCUT2D eigenvalue weighted by molar-refractivity contribution is 5.96. The number of piperazine rings is 1. The van der Waals surface area contributed by atoms with Gasteiger partial charge in [-0.3, -0.25) is 9.59 Å². The summed E-state index contributed by atoms with van der Waals surface area (Å²) in [5.74, 6) is 1.49. The van der Waals surface area contributed by atoms with Crippen molar-refractivity contribution < 1.29 is 9.59 Å². The first-order valence-corrected chi connectivity index (χ1v) is 9.51. The number of ketones is 1. The molecule has 2 fully saturated rings. The lowest BCUT2D eigenvalue weighted by molar-refractivity contribution is -0.126. The van der Waals surface area contributed by atoms with Crippen molar-refractivity contribution in [1.82, 2.24) is 14.9 Å². The molecule has 2 heterocycles. The number of rotatable bonds is 3. The second-order valence-corrected chi connectivity index (χ2v) is 6.34. The molecule has 1 aromatic rings. The quantitative estimate of drug-likeness (QED) is 0.611. The highest BCUT2D eigenvalue weighted by Gasteiger charge is 2.23. The maximum Gasteiger partial charge on any atom is 0.246 e. The Balaban J connectivity index is 0.000000408. The standard InChI is InChI=1S/C13H16N4O2.C5H10.C2H6/c1-3-11(19)16-6-8-17(9-7-16)13-12(10(2)18)14-4-5-15-13;1-5-3-2-4-5;1-2/h3-5H,1,6-9H2,2H3;5H,2-4H2,1H3;1-2H3. The van der Waals surface area contributed by atoms with Gasteiger partial charge in [0.05, 0.1) is 0 Å². The summed E-state index contributed by atoms with van der Waals surface area (Å²) in [4.78, 5) is 35.0. The Kier molecular flexibility index (Phi) is 9.55. The van der Waals surface area contributed by atoms with Crippen molar-refractivity contribution >= 4 is 17.5 Å². The van der Waals surface area contributed by atoms with E-state index in [0.29, 0.717) is 37.7 Å². The van der Waals surface area contributed by atoms with Gasteiger partial charge in [0.2, 0.25) is 5.91 Å². The number of amides is 1. The first-order valence-electron chi connectivity index (χ1n) is 9.51. The molecule has 26 heavy (non-hydrogen) atoms. The molecule has 0 aromatic carbocycles. The van der Waals surface area contributed by atoms with Gasteiger partial charge in [0.15, 0.2) is 11.6 Å². The van der Waals surface area contributed by atoms with Gasteiger partial charge in [0.1, 0.15) is 5.69 Å². The molecule has 144 valence electrons. The Morgan fingerprint density at radius 2 is 1.65 bits per heavy atom. The number of Topliss-reactive ketones (excluding diaryl/α,β-unsaturated/α-hetero) is 1. The smallest absolute Gasteiger partial charge is 0.246 e. The largest absolute Gasteiger partial charge is 0.351 e. The summed E-state index contributed by atoms with van der Waals surface area (Å²) in [5.41, 5.74) is 0.381. The second kappa shape index (κ2) is 11.4. The molecule has 0 spiro atoms. The Labute approximate surface area is 157 Å². The fourth-order valence-electron chi connectivity index (χ4n) is 2.69. The van der Waals surface area contributed by atoms with Crippen LogP contribution in [0, 0.1) is 5.92 Å². The van der Waals surface area contributed by atoms with Gasteiger partial charge in [0.25, 0.3) is 0 Å². The molecule has 2 aliphatic rings. The summed E-state index contributed by atoms with van der Waals surface area (Å²) in [5, 5.41) is 0. The number of nitrogens with zero attached hydrogens (tertiary/aromatic N) is 4. The van der Waals surface area contributed by atoms with Gasteiger partial charge < -0.3 is 9.80 Å². The molecule has 6 nitrogen and oxygen atoms in total. The molecule has 1 aliphatic carbocycles. The zero-order valence-corrected chi connectivity index (χ0v) is 16.6. The van der Waals surface area contributed by atoms with E-state index in [9.17, 15) is 9.59 Å². The topological polar surface area (TPSA) is 66.4 Å². The van der Waals surface area contributed by atoms with Crippen molar-refractivity contribution in [3.63, 3.8) is 0 Å². The lowest BCUT2D eigenvalue weighted by Crippen LogP contribution is -2.49. The summed E-state index contributed by atoms with van der Waals surface area (Å²) in [6, 6.07) is 0. The fourth-order valence-corrected chi connectivity index (χ4v) is 2.69. The van der Waals surface area contributed by atoms with E-state index < -0.39 is 0 Å². The van der Waals surface area contributed by atoms with E-state index in [2.05, 4.69) is 23.5 Å². The molecule has 1 amide bonds. The van der Waals surface area contributed by atoms with Crippen molar-refractivity contribution in [2.75, 3.05) is 31.1 Å². The number of aromatic nitrogens is 2. The minimum Gasteiger partial charge on any atom is -0.351 e. The van der Waals surface area contributed by atoms with Crippen LogP contribution in [0.3, 0.4) is 0 Å². The average Bonchev–Trinajstić information content (AvgIpc) is 2.68. The molecule has 0 bridgehead atoms. The van der Waals surface area contributed by atoms with Crippen molar-refractivity contribution in [2.24, 2.45) is 5.92 Å². The predicted octanol–water partition coefficient (Wildman–Crippen LogP) is 3.35. The van der Waals surface area contributed by atoms with E-state index in [4.69, 9.17) is 0 Å². The van der Waals surface area contributed by atoms with Gasteiger partial charge in [-0.1, -0.05) is 46.6 Å². The molecule has 0 atom stereocenters. The predicted molar refractivity (Wildman–Crippen MR) is 105 cm³/mol. The molecule has 6 heteroatoms. The third-order valence-electron chi connectivity index (χ3n) is 4.47. The lowest BCUT2D eigenvalue weighted by Gasteiger charge is -2.35. The van der Waals surface area contributed by atoms with Gasteiger partial charge in [-0.2, -0.15) is 0 Å². The minimum atomic E-state index is -0.104. The van der Waals surface area contributed by atoms with Crippen LogP contribution in [0.1, 0.15) is 57.4 Å². The molecule has 1 saturated carbocycles. The monoisotopic (exact) mass is 360 g/mol. The van der Waals surface area contributed by atoms with Gasteiger partial charge in [0, 0.05) is 45.5 Å². The molecule has 0 unspecified atom stereocenters. The number of carbonyl (C=O) groups excluding carboxylic acids is 2. The Hall–Kier alpha value is -2.24. The second-order valence-electron chi connectivity index (χ2n) is 6.34. The normalized spacial score (nSPS) is 16.3. The summed E-state index contributed by atoms with van der Waals surface area (Å²) < 4.78 is 0. The average molecular weight is 361 g/mol. The maximum atomic E-state index is 11.5. The zero-order chi connectivity index (χ0) is 19.5. The minimum absolute atomic E-state index is 0.0643. The summed E-state index contributed by atoms with van der Waals surface area (Å²) in [6.07, 6.45) is 8.86. The van der Waals surface area contributed by atoms with Gasteiger partial charge in [-0.25, -0.2) is 9.97 Å². The van der Waals surface area contributed by atoms with E-state index >= 15 is 0 Å². The van der Waals surface area contributed by atoms with E-state index in [-0.39, 0.29) is 11.7 Å². The Morgan fingerprint density at radius 3 is 2.08 bits per heavy atom.